The molecule has 1 aromatic carbocycles. The molecule has 0 saturated heterocycles. The zero-order valence-electron chi connectivity index (χ0n) is 10.2. The maximum Gasteiger partial charge on any atom is 0.161 e. The highest BCUT2D eigenvalue weighted by atomic mass is 16.6. The molecule has 0 bridgehead atoms. The summed E-state index contributed by atoms with van der Waals surface area (Å²) in [5.74, 6) is 1.71. The SMILES string of the molecule is CC(N)CNCCc1ccc2c(c1)OCCO2. The molecule has 1 unspecified atom stereocenters. The fourth-order valence-corrected chi connectivity index (χ4v) is 1.81. The van der Waals surface area contributed by atoms with Crippen LogP contribution >= 0.6 is 0 Å². The fraction of sp³-hybridized carbons (Fsp3) is 0.538. The summed E-state index contributed by atoms with van der Waals surface area (Å²) in [5, 5.41) is 3.32. The van der Waals surface area contributed by atoms with E-state index in [1.54, 1.807) is 0 Å². The molecular formula is C13H20N2O2. The molecule has 2 rings (SSSR count). The first-order valence-corrected chi connectivity index (χ1v) is 6.10. The number of nitrogens with one attached hydrogen (secondary N) is 1. The van der Waals surface area contributed by atoms with Crippen molar-refractivity contribution in [2.45, 2.75) is 19.4 Å². The Labute approximate surface area is 102 Å². The smallest absolute Gasteiger partial charge is 0.161 e. The van der Waals surface area contributed by atoms with E-state index in [-0.39, 0.29) is 6.04 Å². The molecule has 0 aliphatic carbocycles. The lowest BCUT2D eigenvalue weighted by molar-refractivity contribution is 0.171. The molecular weight excluding hydrogens is 216 g/mol. The maximum absolute atomic E-state index is 5.66. The number of hydrogen-bond acceptors (Lipinski definition) is 4. The maximum atomic E-state index is 5.66. The predicted octanol–water partition coefficient (Wildman–Crippen LogP) is 0.937. The van der Waals surface area contributed by atoms with E-state index in [2.05, 4.69) is 17.4 Å². The molecule has 1 aromatic rings. The predicted molar refractivity (Wildman–Crippen MR) is 67.7 cm³/mol. The molecule has 0 radical (unpaired) electrons. The molecule has 0 spiro atoms. The first-order chi connectivity index (χ1) is 8.25. The van der Waals surface area contributed by atoms with Gasteiger partial charge >= 0.3 is 0 Å². The minimum Gasteiger partial charge on any atom is -0.486 e. The largest absolute Gasteiger partial charge is 0.486 e. The number of hydrogen-bond donors (Lipinski definition) is 2. The number of nitrogens with two attached hydrogens (primary N) is 1. The van der Waals surface area contributed by atoms with E-state index in [0.717, 1.165) is 31.0 Å². The van der Waals surface area contributed by atoms with Crippen LogP contribution in [0.15, 0.2) is 18.2 Å². The second kappa shape index (κ2) is 5.89. The summed E-state index contributed by atoms with van der Waals surface area (Å²) in [7, 11) is 0. The van der Waals surface area contributed by atoms with Gasteiger partial charge in [0.05, 0.1) is 0 Å². The molecule has 4 nitrogen and oxygen atoms in total. The minimum absolute atomic E-state index is 0.204. The second-order valence-corrected chi connectivity index (χ2v) is 4.41. The number of fused-ring (bicyclic) bond motifs is 1. The fourth-order valence-electron chi connectivity index (χ4n) is 1.81. The lowest BCUT2D eigenvalue weighted by Gasteiger charge is -2.19. The van der Waals surface area contributed by atoms with Gasteiger partial charge in [-0.1, -0.05) is 6.07 Å². The quantitative estimate of drug-likeness (QED) is 0.747. The van der Waals surface area contributed by atoms with Crippen LogP contribution in [0.4, 0.5) is 0 Å². The van der Waals surface area contributed by atoms with Crippen molar-refractivity contribution < 1.29 is 9.47 Å². The number of ether oxygens (including phenoxy) is 2. The van der Waals surface area contributed by atoms with E-state index < -0.39 is 0 Å². The summed E-state index contributed by atoms with van der Waals surface area (Å²) in [6, 6.07) is 6.33. The highest BCUT2D eigenvalue weighted by molar-refractivity contribution is 5.43. The molecule has 3 N–H and O–H groups in total. The van der Waals surface area contributed by atoms with Gasteiger partial charge < -0.3 is 20.5 Å². The van der Waals surface area contributed by atoms with E-state index in [9.17, 15) is 0 Å². The first kappa shape index (κ1) is 12.2. The van der Waals surface area contributed by atoms with Crippen molar-refractivity contribution in [3.05, 3.63) is 23.8 Å². The zero-order valence-corrected chi connectivity index (χ0v) is 10.2. The van der Waals surface area contributed by atoms with Gasteiger partial charge in [-0.3, -0.25) is 0 Å². The molecule has 0 amide bonds. The Morgan fingerprint density at radius 1 is 1.29 bits per heavy atom. The molecule has 94 valence electrons. The second-order valence-electron chi connectivity index (χ2n) is 4.41. The van der Waals surface area contributed by atoms with Gasteiger partial charge in [0.15, 0.2) is 11.5 Å². The van der Waals surface area contributed by atoms with Gasteiger partial charge in [-0.15, -0.1) is 0 Å². The molecule has 1 aliphatic rings. The van der Waals surface area contributed by atoms with Gasteiger partial charge in [-0.25, -0.2) is 0 Å². The Bertz CT molecular complexity index is 366. The van der Waals surface area contributed by atoms with E-state index in [0.29, 0.717) is 13.2 Å². The molecule has 0 aromatic heterocycles. The lowest BCUT2D eigenvalue weighted by atomic mass is 10.1. The third kappa shape index (κ3) is 3.61. The average Bonchev–Trinajstić information content (AvgIpc) is 2.34. The lowest BCUT2D eigenvalue weighted by Crippen LogP contribution is -2.32. The first-order valence-electron chi connectivity index (χ1n) is 6.10. The third-order valence-corrected chi connectivity index (χ3v) is 2.66. The minimum atomic E-state index is 0.204. The van der Waals surface area contributed by atoms with Crippen LogP contribution in [0.1, 0.15) is 12.5 Å². The van der Waals surface area contributed by atoms with Crippen LogP contribution in [0.3, 0.4) is 0 Å². The molecule has 0 saturated carbocycles. The Kier molecular flexibility index (Phi) is 4.23. The van der Waals surface area contributed by atoms with Crippen molar-refractivity contribution in [2.75, 3.05) is 26.3 Å². The van der Waals surface area contributed by atoms with Crippen molar-refractivity contribution in [3.63, 3.8) is 0 Å². The summed E-state index contributed by atoms with van der Waals surface area (Å²) in [5.41, 5.74) is 6.92. The van der Waals surface area contributed by atoms with Gasteiger partial charge in [-0.05, 0) is 37.6 Å². The van der Waals surface area contributed by atoms with E-state index in [4.69, 9.17) is 15.2 Å². The van der Waals surface area contributed by atoms with Crippen molar-refractivity contribution >= 4 is 0 Å². The van der Waals surface area contributed by atoms with Gasteiger partial charge in [0.25, 0.3) is 0 Å². The van der Waals surface area contributed by atoms with Gasteiger partial charge in [0, 0.05) is 12.6 Å². The normalized spacial score (nSPS) is 15.6. The van der Waals surface area contributed by atoms with E-state index >= 15 is 0 Å². The van der Waals surface area contributed by atoms with Crippen molar-refractivity contribution in [2.24, 2.45) is 5.73 Å². The van der Waals surface area contributed by atoms with Crippen LogP contribution in [0, 0.1) is 0 Å². The summed E-state index contributed by atoms with van der Waals surface area (Å²) in [6.07, 6.45) is 0.976. The van der Waals surface area contributed by atoms with Crippen LogP contribution in [-0.4, -0.2) is 32.3 Å². The van der Waals surface area contributed by atoms with Crippen molar-refractivity contribution in [1.82, 2.24) is 5.32 Å². The topological polar surface area (TPSA) is 56.5 Å². The summed E-state index contributed by atoms with van der Waals surface area (Å²) in [6.45, 7) is 5.06. The van der Waals surface area contributed by atoms with E-state index in [1.807, 2.05) is 13.0 Å². The van der Waals surface area contributed by atoms with Crippen molar-refractivity contribution in [3.8, 4) is 11.5 Å². The highest BCUT2D eigenvalue weighted by Crippen LogP contribution is 2.30. The third-order valence-electron chi connectivity index (χ3n) is 2.66. The van der Waals surface area contributed by atoms with Crippen LogP contribution in [0.5, 0.6) is 11.5 Å². The highest BCUT2D eigenvalue weighted by Gasteiger charge is 2.11. The van der Waals surface area contributed by atoms with Gasteiger partial charge in [-0.2, -0.15) is 0 Å². The van der Waals surface area contributed by atoms with Crippen molar-refractivity contribution in [1.29, 1.82) is 0 Å². The molecule has 0 fully saturated rings. The Balaban J connectivity index is 1.85. The van der Waals surface area contributed by atoms with Crippen LogP contribution in [0.2, 0.25) is 0 Å². The standard InChI is InChI=1S/C13H20N2O2/c1-10(14)9-15-5-4-11-2-3-12-13(8-11)17-7-6-16-12/h2-3,8,10,15H,4-7,9,14H2,1H3. The van der Waals surface area contributed by atoms with Crippen LogP contribution in [0.25, 0.3) is 0 Å². The molecule has 1 aliphatic heterocycles. The van der Waals surface area contributed by atoms with Gasteiger partial charge in [0.1, 0.15) is 13.2 Å². The number of benzene rings is 1. The van der Waals surface area contributed by atoms with Crippen LogP contribution in [-0.2, 0) is 6.42 Å². The molecule has 1 atom stereocenters. The van der Waals surface area contributed by atoms with Crippen LogP contribution < -0.4 is 20.5 Å². The number of rotatable bonds is 5. The monoisotopic (exact) mass is 236 g/mol. The summed E-state index contributed by atoms with van der Waals surface area (Å²) >= 11 is 0. The molecule has 17 heavy (non-hydrogen) atoms. The Hall–Kier alpha value is -1.26. The molecule has 4 heteroatoms. The average molecular weight is 236 g/mol. The van der Waals surface area contributed by atoms with Gasteiger partial charge in [0.2, 0.25) is 0 Å². The Morgan fingerprint density at radius 2 is 2.06 bits per heavy atom. The summed E-state index contributed by atoms with van der Waals surface area (Å²) in [4.78, 5) is 0. The Morgan fingerprint density at radius 3 is 2.82 bits per heavy atom. The molecule has 1 heterocycles. The summed E-state index contributed by atoms with van der Waals surface area (Å²) < 4.78 is 11.0. The van der Waals surface area contributed by atoms with E-state index in [1.165, 1.54) is 5.56 Å². The zero-order chi connectivity index (χ0) is 12.1.